The quantitative estimate of drug-likeness (QED) is 0.897. The van der Waals surface area contributed by atoms with Gasteiger partial charge in [-0.3, -0.25) is 0 Å². The lowest BCUT2D eigenvalue weighted by atomic mass is 9.84. The van der Waals surface area contributed by atoms with Gasteiger partial charge in [0.2, 0.25) is 0 Å². The van der Waals surface area contributed by atoms with Gasteiger partial charge in [-0.1, -0.05) is 36.4 Å². The van der Waals surface area contributed by atoms with Crippen LogP contribution >= 0.6 is 11.3 Å². The number of nitriles is 1. The standard InChI is InChI=1S/C16H11NO2S/c17-9-12-15(11-5-2-1-3-6-11)13(10-19-16(12)18)14-7-4-8-20-14/h1-8,10,15,18H. The second kappa shape index (κ2) is 5.24. The van der Waals surface area contributed by atoms with Crippen LogP contribution in [0, 0.1) is 11.3 Å². The van der Waals surface area contributed by atoms with E-state index in [2.05, 4.69) is 6.07 Å². The Balaban J connectivity index is 2.14. The minimum atomic E-state index is -0.318. The van der Waals surface area contributed by atoms with Gasteiger partial charge in [-0.15, -0.1) is 11.3 Å². The molecule has 0 bridgehead atoms. The molecule has 98 valence electrons. The highest BCUT2D eigenvalue weighted by molar-refractivity contribution is 7.11. The molecular weight excluding hydrogens is 270 g/mol. The Bertz CT molecular complexity index is 709. The number of benzene rings is 1. The highest BCUT2D eigenvalue weighted by Crippen LogP contribution is 2.42. The van der Waals surface area contributed by atoms with Crippen LogP contribution in [0.3, 0.4) is 0 Å². The number of aliphatic hydroxyl groups excluding tert-OH is 1. The summed E-state index contributed by atoms with van der Waals surface area (Å²) in [6.07, 6.45) is 1.53. The van der Waals surface area contributed by atoms with Crippen molar-refractivity contribution in [3.8, 4) is 6.07 Å². The maximum Gasteiger partial charge on any atom is 0.296 e. The predicted molar refractivity (Wildman–Crippen MR) is 77.8 cm³/mol. The first-order valence-electron chi connectivity index (χ1n) is 6.10. The lowest BCUT2D eigenvalue weighted by Gasteiger charge is -2.23. The number of nitrogens with zero attached hydrogens (tertiary/aromatic N) is 1. The predicted octanol–water partition coefficient (Wildman–Crippen LogP) is 4.20. The molecule has 0 amide bonds. The highest BCUT2D eigenvalue weighted by Gasteiger charge is 2.30. The fourth-order valence-electron chi connectivity index (χ4n) is 2.28. The smallest absolute Gasteiger partial charge is 0.296 e. The third-order valence-corrected chi connectivity index (χ3v) is 4.11. The van der Waals surface area contributed by atoms with Crippen LogP contribution < -0.4 is 0 Å². The van der Waals surface area contributed by atoms with Gasteiger partial charge in [0.05, 0.1) is 5.92 Å². The van der Waals surface area contributed by atoms with Crippen molar-refractivity contribution >= 4 is 16.9 Å². The van der Waals surface area contributed by atoms with Gasteiger partial charge in [-0.05, 0) is 17.0 Å². The van der Waals surface area contributed by atoms with E-state index in [-0.39, 0.29) is 17.4 Å². The summed E-state index contributed by atoms with van der Waals surface area (Å²) in [6.45, 7) is 0. The van der Waals surface area contributed by atoms with Crippen LogP contribution in [-0.4, -0.2) is 5.11 Å². The number of hydrogen-bond acceptors (Lipinski definition) is 4. The zero-order valence-electron chi connectivity index (χ0n) is 10.5. The van der Waals surface area contributed by atoms with E-state index in [1.807, 2.05) is 47.8 Å². The van der Waals surface area contributed by atoms with Crippen LogP contribution in [0.25, 0.3) is 5.57 Å². The zero-order valence-corrected chi connectivity index (χ0v) is 11.3. The summed E-state index contributed by atoms with van der Waals surface area (Å²) in [5.41, 5.74) is 2.08. The van der Waals surface area contributed by atoms with E-state index >= 15 is 0 Å². The van der Waals surface area contributed by atoms with E-state index in [0.717, 1.165) is 16.0 Å². The van der Waals surface area contributed by atoms with Crippen LogP contribution in [0.2, 0.25) is 0 Å². The molecule has 0 fully saturated rings. The molecule has 0 saturated heterocycles. The van der Waals surface area contributed by atoms with Crippen LogP contribution in [-0.2, 0) is 4.74 Å². The van der Waals surface area contributed by atoms with E-state index < -0.39 is 0 Å². The molecule has 2 heterocycles. The van der Waals surface area contributed by atoms with Crippen molar-refractivity contribution in [3.05, 3.63) is 76.1 Å². The van der Waals surface area contributed by atoms with Crippen LogP contribution in [0.15, 0.2) is 65.6 Å². The first-order valence-corrected chi connectivity index (χ1v) is 6.98. The largest absolute Gasteiger partial charge is 0.480 e. The summed E-state index contributed by atoms with van der Waals surface area (Å²) in [5, 5.41) is 21.1. The second-order valence-electron chi connectivity index (χ2n) is 4.34. The lowest BCUT2D eigenvalue weighted by molar-refractivity contribution is 0.159. The summed E-state index contributed by atoms with van der Waals surface area (Å²) in [4.78, 5) is 1.03. The molecule has 4 heteroatoms. The van der Waals surface area contributed by atoms with Gasteiger partial charge in [0.25, 0.3) is 5.95 Å². The third kappa shape index (κ3) is 2.09. The molecule has 1 atom stereocenters. The first kappa shape index (κ1) is 12.5. The molecule has 1 aromatic carbocycles. The molecule has 1 N–H and O–H groups in total. The minimum absolute atomic E-state index is 0.238. The van der Waals surface area contributed by atoms with Crippen molar-refractivity contribution in [2.24, 2.45) is 0 Å². The van der Waals surface area contributed by atoms with Gasteiger partial charge >= 0.3 is 0 Å². The Kier molecular flexibility index (Phi) is 3.28. The van der Waals surface area contributed by atoms with E-state index in [4.69, 9.17) is 4.74 Å². The number of thiophene rings is 1. The molecule has 1 aromatic heterocycles. The average Bonchev–Trinajstić information content (AvgIpc) is 3.02. The molecule has 3 nitrogen and oxygen atoms in total. The van der Waals surface area contributed by atoms with Gasteiger partial charge in [0, 0.05) is 10.5 Å². The normalized spacial score (nSPS) is 18.1. The monoisotopic (exact) mass is 281 g/mol. The third-order valence-electron chi connectivity index (χ3n) is 3.19. The number of ether oxygens (including phenoxy) is 1. The lowest BCUT2D eigenvalue weighted by Crippen LogP contribution is -2.12. The molecule has 20 heavy (non-hydrogen) atoms. The molecule has 0 aliphatic carbocycles. The number of hydrogen-bond donors (Lipinski definition) is 1. The van der Waals surface area contributed by atoms with Crippen LogP contribution in [0.4, 0.5) is 0 Å². The van der Waals surface area contributed by atoms with E-state index in [0.29, 0.717) is 0 Å². The second-order valence-corrected chi connectivity index (χ2v) is 5.29. The van der Waals surface area contributed by atoms with Crippen molar-refractivity contribution < 1.29 is 9.84 Å². The number of rotatable bonds is 2. The molecular formula is C16H11NO2S. The van der Waals surface area contributed by atoms with Crippen molar-refractivity contribution in [3.63, 3.8) is 0 Å². The Hall–Kier alpha value is -2.51. The molecule has 0 saturated carbocycles. The van der Waals surface area contributed by atoms with Crippen LogP contribution in [0.1, 0.15) is 16.4 Å². The Morgan fingerprint density at radius 1 is 1.15 bits per heavy atom. The number of allylic oxidation sites excluding steroid dienone is 2. The summed E-state index contributed by atoms with van der Waals surface area (Å²) in [7, 11) is 0. The number of aliphatic hydroxyl groups is 1. The minimum Gasteiger partial charge on any atom is -0.480 e. The maximum absolute atomic E-state index is 9.81. The average molecular weight is 281 g/mol. The highest BCUT2D eigenvalue weighted by atomic mass is 32.1. The molecule has 3 rings (SSSR count). The van der Waals surface area contributed by atoms with Crippen molar-refractivity contribution in [2.45, 2.75) is 5.92 Å². The first-order chi connectivity index (χ1) is 9.81. The topological polar surface area (TPSA) is 53.2 Å². The summed E-state index contributed by atoms with van der Waals surface area (Å²) >= 11 is 1.58. The SMILES string of the molecule is N#CC1=C(O)OC=C(c2cccs2)C1c1ccccc1. The van der Waals surface area contributed by atoms with Gasteiger partial charge in [0.15, 0.2) is 0 Å². The van der Waals surface area contributed by atoms with Crippen LogP contribution in [0.5, 0.6) is 0 Å². The van der Waals surface area contributed by atoms with Gasteiger partial charge in [-0.25, -0.2) is 0 Å². The van der Waals surface area contributed by atoms with Crippen molar-refractivity contribution in [2.75, 3.05) is 0 Å². The Morgan fingerprint density at radius 3 is 2.60 bits per heavy atom. The molecule has 1 unspecified atom stereocenters. The summed E-state index contributed by atoms with van der Waals surface area (Å²) in [5.74, 6) is -0.616. The summed E-state index contributed by atoms with van der Waals surface area (Å²) in [6, 6.07) is 15.6. The van der Waals surface area contributed by atoms with E-state index in [9.17, 15) is 10.4 Å². The molecule has 1 aliphatic rings. The Morgan fingerprint density at radius 2 is 1.95 bits per heavy atom. The zero-order chi connectivity index (χ0) is 13.9. The van der Waals surface area contributed by atoms with Gasteiger partial charge in [0.1, 0.15) is 17.9 Å². The molecule has 0 radical (unpaired) electrons. The molecule has 0 spiro atoms. The Labute approximate surface area is 120 Å². The molecule has 1 aliphatic heterocycles. The van der Waals surface area contributed by atoms with Gasteiger partial charge < -0.3 is 9.84 Å². The molecule has 2 aromatic rings. The van der Waals surface area contributed by atoms with E-state index in [1.54, 1.807) is 11.3 Å². The fourth-order valence-corrected chi connectivity index (χ4v) is 3.04. The van der Waals surface area contributed by atoms with E-state index in [1.165, 1.54) is 6.26 Å². The summed E-state index contributed by atoms with van der Waals surface area (Å²) < 4.78 is 5.13. The fraction of sp³-hybridized carbons (Fsp3) is 0.0625. The van der Waals surface area contributed by atoms with Crippen molar-refractivity contribution in [1.29, 1.82) is 5.26 Å². The van der Waals surface area contributed by atoms with Crippen molar-refractivity contribution in [1.82, 2.24) is 0 Å². The van der Waals surface area contributed by atoms with Gasteiger partial charge in [-0.2, -0.15) is 5.26 Å². The maximum atomic E-state index is 9.81.